The molecule has 0 unspecified atom stereocenters. The Morgan fingerprint density at radius 3 is 2.15 bits per heavy atom. The maximum atomic E-state index is 14.5. The van der Waals surface area contributed by atoms with Gasteiger partial charge in [-0.15, -0.1) is 0 Å². The van der Waals surface area contributed by atoms with E-state index in [9.17, 15) is 31.2 Å². The van der Waals surface area contributed by atoms with Crippen LogP contribution in [0, 0.1) is 6.92 Å². The summed E-state index contributed by atoms with van der Waals surface area (Å²) in [6, 6.07) is 23.9. The van der Waals surface area contributed by atoms with Crippen LogP contribution < -0.4 is 9.62 Å². The third kappa shape index (κ3) is 9.38. The number of hydrogen-bond acceptors (Lipinski definition) is 4. The number of carbonyl (C=O) groups excluding carboxylic acids is 2. The predicted molar refractivity (Wildman–Crippen MR) is 181 cm³/mol. The van der Waals surface area contributed by atoms with E-state index in [0.717, 1.165) is 23.3 Å². The van der Waals surface area contributed by atoms with Crippen molar-refractivity contribution in [3.8, 4) is 0 Å². The lowest BCUT2D eigenvalue weighted by molar-refractivity contribution is -0.140. The molecule has 12 heteroatoms. The zero-order valence-corrected chi connectivity index (χ0v) is 28.3. The van der Waals surface area contributed by atoms with Gasteiger partial charge in [0.2, 0.25) is 11.8 Å². The summed E-state index contributed by atoms with van der Waals surface area (Å²) < 4.78 is 70.3. The Bertz CT molecular complexity index is 1820. The minimum Gasteiger partial charge on any atom is -0.352 e. The summed E-state index contributed by atoms with van der Waals surface area (Å²) in [7, 11) is -4.57. The number of nitrogens with one attached hydrogen (secondary N) is 1. The van der Waals surface area contributed by atoms with Crippen LogP contribution in [0.25, 0.3) is 0 Å². The fourth-order valence-corrected chi connectivity index (χ4v) is 6.65. The number of sulfonamides is 1. The number of aryl methyl sites for hydroxylation is 1. The lowest BCUT2D eigenvalue weighted by Gasteiger charge is -2.34. The monoisotopic (exact) mass is 699 g/mol. The Balaban J connectivity index is 1.85. The number of anilines is 1. The summed E-state index contributed by atoms with van der Waals surface area (Å²) in [6.07, 6.45) is -4.07. The van der Waals surface area contributed by atoms with E-state index in [0.29, 0.717) is 27.4 Å². The zero-order valence-electron chi connectivity index (χ0n) is 26.7. The molecule has 0 saturated heterocycles. The van der Waals surface area contributed by atoms with Gasteiger partial charge in [0, 0.05) is 24.0 Å². The smallest absolute Gasteiger partial charge is 0.352 e. The Morgan fingerprint density at radius 2 is 1.52 bits per heavy atom. The minimum atomic E-state index is -4.77. The summed E-state index contributed by atoms with van der Waals surface area (Å²) in [5.41, 5.74) is 0.636. The van der Waals surface area contributed by atoms with Gasteiger partial charge < -0.3 is 10.2 Å². The number of halogens is 4. The highest BCUT2D eigenvalue weighted by atomic mass is 35.5. The molecule has 2 amide bonds. The van der Waals surface area contributed by atoms with E-state index >= 15 is 0 Å². The summed E-state index contributed by atoms with van der Waals surface area (Å²) in [5, 5.41) is 3.32. The number of hydrogen-bond donors (Lipinski definition) is 1. The molecule has 0 bridgehead atoms. The Hall–Kier alpha value is -4.35. The van der Waals surface area contributed by atoms with E-state index in [4.69, 9.17) is 11.6 Å². The van der Waals surface area contributed by atoms with Crippen molar-refractivity contribution in [1.82, 2.24) is 10.2 Å². The SMILES string of the molecule is CC[C@H](C)NC(=O)[C@@H](Cc1ccccc1)N(Cc1cccc(Cl)c1)C(=O)CN(c1cccc(C(F)(F)F)c1)S(=O)(=O)c1ccc(C)cc1. The third-order valence-electron chi connectivity index (χ3n) is 7.86. The van der Waals surface area contributed by atoms with Crippen LogP contribution in [0.5, 0.6) is 0 Å². The van der Waals surface area contributed by atoms with Gasteiger partial charge in [-0.3, -0.25) is 13.9 Å². The summed E-state index contributed by atoms with van der Waals surface area (Å²) >= 11 is 6.26. The van der Waals surface area contributed by atoms with Crippen LogP contribution in [0.4, 0.5) is 18.9 Å². The van der Waals surface area contributed by atoms with E-state index in [2.05, 4.69) is 5.32 Å². The molecule has 254 valence electrons. The molecule has 0 radical (unpaired) electrons. The Kier molecular flexibility index (Phi) is 11.9. The standard InChI is InChI=1S/C36H37ClF3N3O4S/c1-4-26(3)41-35(45)33(21-27-10-6-5-7-11-27)42(23-28-12-8-14-30(37)20-28)34(44)24-43(31-15-9-13-29(22-31)36(38,39)40)48(46,47)32-18-16-25(2)17-19-32/h5-20,22,26,33H,4,21,23-24H2,1-3H3,(H,41,45)/t26-,33+/m0/s1. The van der Waals surface area contributed by atoms with Crippen molar-refractivity contribution in [2.75, 3.05) is 10.8 Å². The molecular formula is C36H37ClF3N3O4S. The van der Waals surface area contributed by atoms with Gasteiger partial charge >= 0.3 is 6.18 Å². The lowest BCUT2D eigenvalue weighted by Crippen LogP contribution is -2.54. The molecule has 4 aromatic carbocycles. The third-order valence-corrected chi connectivity index (χ3v) is 9.89. The van der Waals surface area contributed by atoms with Crippen molar-refractivity contribution in [3.05, 3.63) is 130 Å². The maximum Gasteiger partial charge on any atom is 0.416 e. The molecule has 0 saturated carbocycles. The fraction of sp³-hybridized carbons (Fsp3) is 0.278. The molecule has 4 aromatic rings. The van der Waals surface area contributed by atoms with Crippen molar-refractivity contribution in [2.45, 2.75) is 63.3 Å². The average Bonchev–Trinajstić information content (AvgIpc) is 3.05. The highest BCUT2D eigenvalue weighted by Crippen LogP contribution is 2.33. The summed E-state index contributed by atoms with van der Waals surface area (Å²) in [6.45, 7) is 4.46. The predicted octanol–water partition coefficient (Wildman–Crippen LogP) is 7.42. The molecule has 48 heavy (non-hydrogen) atoms. The van der Waals surface area contributed by atoms with Crippen LogP contribution in [0.1, 0.15) is 42.5 Å². The van der Waals surface area contributed by atoms with E-state index < -0.39 is 46.2 Å². The second-order valence-electron chi connectivity index (χ2n) is 11.5. The number of benzene rings is 4. The van der Waals surface area contributed by atoms with Gasteiger partial charge in [0.25, 0.3) is 10.0 Å². The van der Waals surface area contributed by atoms with Crippen LogP contribution in [-0.4, -0.2) is 43.8 Å². The quantitative estimate of drug-likeness (QED) is 0.157. The van der Waals surface area contributed by atoms with Crippen molar-refractivity contribution in [1.29, 1.82) is 0 Å². The number of rotatable bonds is 13. The van der Waals surface area contributed by atoms with Gasteiger partial charge in [-0.25, -0.2) is 8.42 Å². The maximum absolute atomic E-state index is 14.5. The van der Waals surface area contributed by atoms with Crippen molar-refractivity contribution >= 4 is 39.1 Å². The molecular weight excluding hydrogens is 663 g/mol. The molecule has 0 fully saturated rings. The number of alkyl halides is 3. The van der Waals surface area contributed by atoms with Gasteiger partial charge in [-0.05, 0) is 73.9 Å². The minimum absolute atomic E-state index is 0.0870. The molecule has 0 aliphatic heterocycles. The summed E-state index contributed by atoms with van der Waals surface area (Å²) in [5.74, 6) is -1.26. The second kappa shape index (κ2) is 15.7. The highest BCUT2D eigenvalue weighted by Gasteiger charge is 2.36. The molecule has 1 N–H and O–H groups in total. The van der Waals surface area contributed by atoms with Crippen LogP contribution in [0.3, 0.4) is 0 Å². The zero-order chi connectivity index (χ0) is 35.1. The number of nitrogens with zero attached hydrogens (tertiary/aromatic N) is 2. The van der Waals surface area contributed by atoms with Crippen molar-refractivity contribution < 1.29 is 31.2 Å². The molecule has 0 aromatic heterocycles. The molecule has 4 rings (SSSR count). The molecule has 2 atom stereocenters. The largest absolute Gasteiger partial charge is 0.416 e. The van der Waals surface area contributed by atoms with Gasteiger partial charge in [-0.1, -0.05) is 84.8 Å². The molecule has 0 aliphatic rings. The van der Waals surface area contributed by atoms with Gasteiger partial charge in [0.1, 0.15) is 12.6 Å². The first-order valence-electron chi connectivity index (χ1n) is 15.3. The summed E-state index contributed by atoms with van der Waals surface area (Å²) in [4.78, 5) is 29.5. The molecule has 0 heterocycles. The highest BCUT2D eigenvalue weighted by molar-refractivity contribution is 7.92. The normalized spacial score (nSPS) is 13.0. The first-order valence-corrected chi connectivity index (χ1v) is 17.2. The number of amides is 2. The van der Waals surface area contributed by atoms with Crippen LogP contribution in [-0.2, 0) is 38.8 Å². The van der Waals surface area contributed by atoms with Gasteiger partial charge in [0.15, 0.2) is 0 Å². The second-order valence-corrected chi connectivity index (χ2v) is 13.8. The first-order chi connectivity index (χ1) is 22.7. The fourth-order valence-electron chi connectivity index (χ4n) is 5.03. The van der Waals surface area contributed by atoms with Crippen molar-refractivity contribution in [3.63, 3.8) is 0 Å². The van der Waals surface area contributed by atoms with E-state index in [1.165, 1.54) is 23.1 Å². The molecule has 0 aliphatic carbocycles. The van der Waals surface area contributed by atoms with E-state index in [-0.39, 0.29) is 29.6 Å². The van der Waals surface area contributed by atoms with Crippen molar-refractivity contribution in [2.24, 2.45) is 0 Å². The Morgan fingerprint density at radius 1 is 0.875 bits per heavy atom. The van der Waals surface area contributed by atoms with Gasteiger partial charge in [-0.2, -0.15) is 13.2 Å². The molecule has 7 nitrogen and oxygen atoms in total. The first kappa shape index (κ1) is 36.5. The Labute approximate surface area is 284 Å². The topological polar surface area (TPSA) is 86.8 Å². The molecule has 0 spiro atoms. The van der Waals surface area contributed by atoms with E-state index in [1.54, 1.807) is 55.5 Å². The van der Waals surface area contributed by atoms with Gasteiger partial charge in [0.05, 0.1) is 16.1 Å². The van der Waals surface area contributed by atoms with E-state index in [1.807, 2.05) is 32.0 Å². The van der Waals surface area contributed by atoms with Crippen LogP contribution in [0.15, 0.2) is 108 Å². The lowest BCUT2D eigenvalue weighted by atomic mass is 10.0. The number of carbonyl (C=O) groups is 2. The van der Waals surface area contributed by atoms with Crippen LogP contribution in [0.2, 0.25) is 5.02 Å². The van der Waals surface area contributed by atoms with Crippen LogP contribution >= 0.6 is 11.6 Å². The average molecular weight is 700 g/mol.